The molecule has 0 aliphatic carbocycles. The monoisotopic (exact) mass is 574 g/mol. The number of hydrogen-bond donors (Lipinski definition) is 2. The Morgan fingerprint density at radius 3 is 1.74 bits per heavy atom. The Balaban J connectivity index is 0.00000289. The number of nitrogens with zero attached hydrogens (tertiary/aromatic N) is 2. The van der Waals surface area contributed by atoms with Crippen molar-refractivity contribution in [3.8, 4) is 56.9 Å². The maximum Gasteiger partial charge on any atom is 3.00 e. The van der Waals surface area contributed by atoms with Gasteiger partial charge in [0.1, 0.15) is 11.5 Å². The number of phenols is 2. The summed E-state index contributed by atoms with van der Waals surface area (Å²) in [5.74, 6) is 1.18. The number of halogens is 3. The Bertz CT molecular complexity index is 1280. The van der Waals surface area contributed by atoms with Crippen molar-refractivity contribution in [3.05, 3.63) is 72.3 Å². The third-order valence-electron chi connectivity index (χ3n) is 4.96. The van der Waals surface area contributed by atoms with E-state index in [1.54, 1.807) is 31.4 Å². The average Bonchev–Trinajstić information content (AvgIpc) is 2.81. The molecule has 0 fully saturated rings. The second kappa shape index (κ2) is 14.0. The van der Waals surface area contributed by atoms with Gasteiger partial charge in [-0.3, -0.25) is 0 Å². The van der Waals surface area contributed by atoms with Crippen LogP contribution >= 0.6 is 0 Å². The predicted octanol–water partition coefficient (Wildman–Crippen LogP) is -3.78. The van der Waals surface area contributed by atoms with Crippen LogP contribution in [0.2, 0.25) is 0 Å². The van der Waals surface area contributed by atoms with E-state index in [1.807, 2.05) is 49.4 Å². The molecule has 0 amide bonds. The molecular formula is C25H22Cl3MnN2O4. The number of methoxy groups -OCH3 is 2. The van der Waals surface area contributed by atoms with Crippen LogP contribution in [-0.2, 0) is 17.1 Å². The summed E-state index contributed by atoms with van der Waals surface area (Å²) >= 11 is 0. The second-order valence-corrected chi connectivity index (χ2v) is 7.06. The van der Waals surface area contributed by atoms with E-state index >= 15 is 0 Å². The fourth-order valence-electron chi connectivity index (χ4n) is 3.40. The minimum atomic E-state index is 0. The molecule has 35 heavy (non-hydrogen) atoms. The molecule has 4 aromatic rings. The van der Waals surface area contributed by atoms with Crippen molar-refractivity contribution in [3.63, 3.8) is 0 Å². The Morgan fingerprint density at radius 1 is 0.657 bits per heavy atom. The van der Waals surface area contributed by atoms with E-state index in [4.69, 9.17) is 19.4 Å². The Hall–Kier alpha value is -2.67. The molecule has 10 heteroatoms. The molecule has 6 nitrogen and oxygen atoms in total. The SMILES string of the molecule is COc1ccc(O)c(-c2cccc(-c3cccc(-c4cc(C)cc(OC)c4O)n3)n2)c1.[Cl-].[Cl-].[Cl-].[Mn+3]. The summed E-state index contributed by atoms with van der Waals surface area (Å²) in [6.07, 6.45) is 0. The fourth-order valence-corrected chi connectivity index (χ4v) is 3.40. The van der Waals surface area contributed by atoms with E-state index in [0.717, 1.165) is 5.56 Å². The van der Waals surface area contributed by atoms with Crippen molar-refractivity contribution < 1.29 is 74.0 Å². The van der Waals surface area contributed by atoms with Gasteiger partial charge in [-0.1, -0.05) is 12.1 Å². The molecule has 2 aromatic heterocycles. The molecule has 0 aliphatic heterocycles. The predicted molar refractivity (Wildman–Crippen MR) is 120 cm³/mol. The van der Waals surface area contributed by atoms with Gasteiger partial charge in [0.25, 0.3) is 0 Å². The summed E-state index contributed by atoms with van der Waals surface area (Å²) in [5, 5.41) is 20.9. The van der Waals surface area contributed by atoms with Gasteiger partial charge in [-0.15, -0.1) is 0 Å². The normalized spacial score (nSPS) is 9.46. The van der Waals surface area contributed by atoms with Crippen LogP contribution in [0.1, 0.15) is 5.56 Å². The molecule has 2 aromatic carbocycles. The van der Waals surface area contributed by atoms with Crippen LogP contribution in [0.5, 0.6) is 23.0 Å². The Labute approximate surface area is 233 Å². The molecule has 2 N–H and O–H groups in total. The van der Waals surface area contributed by atoms with Gasteiger partial charge in [0.05, 0.1) is 37.0 Å². The zero-order valence-corrected chi connectivity index (χ0v) is 22.4. The van der Waals surface area contributed by atoms with Crippen LogP contribution in [0.25, 0.3) is 33.9 Å². The molecule has 0 atom stereocenters. The van der Waals surface area contributed by atoms with Crippen LogP contribution in [0.3, 0.4) is 0 Å². The van der Waals surface area contributed by atoms with Crippen molar-refractivity contribution in [2.45, 2.75) is 6.92 Å². The van der Waals surface area contributed by atoms with Gasteiger partial charge in [0, 0.05) is 11.1 Å². The number of aromatic nitrogens is 2. The van der Waals surface area contributed by atoms with E-state index in [2.05, 4.69) is 0 Å². The van der Waals surface area contributed by atoms with E-state index in [-0.39, 0.29) is 65.8 Å². The third kappa shape index (κ3) is 6.94. The van der Waals surface area contributed by atoms with Crippen LogP contribution in [-0.4, -0.2) is 34.4 Å². The largest absolute Gasteiger partial charge is 3.00 e. The van der Waals surface area contributed by atoms with E-state index in [1.165, 1.54) is 7.11 Å². The third-order valence-corrected chi connectivity index (χ3v) is 4.96. The van der Waals surface area contributed by atoms with Gasteiger partial charge in [-0.2, -0.15) is 0 Å². The number of rotatable bonds is 5. The molecule has 0 aliphatic rings. The number of hydrogen-bond acceptors (Lipinski definition) is 6. The molecular weight excluding hydrogens is 554 g/mol. The first-order chi connectivity index (χ1) is 15.0. The van der Waals surface area contributed by atoms with Crippen molar-refractivity contribution in [1.29, 1.82) is 0 Å². The van der Waals surface area contributed by atoms with E-state index in [9.17, 15) is 10.2 Å². The molecule has 184 valence electrons. The van der Waals surface area contributed by atoms with Crippen molar-refractivity contribution in [2.24, 2.45) is 0 Å². The summed E-state index contributed by atoms with van der Waals surface area (Å²) in [5.41, 5.74) is 4.58. The first-order valence-electron chi connectivity index (χ1n) is 9.70. The molecule has 0 radical (unpaired) electrons. The maximum atomic E-state index is 10.6. The summed E-state index contributed by atoms with van der Waals surface area (Å²) in [6.45, 7) is 1.93. The molecule has 0 unspecified atom stereocenters. The summed E-state index contributed by atoms with van der Waals surface area (Å²) in [6, 6.07) is 19.7. The number of phenolic OH excluding ortho intramolecular Hbond substituents is 2. The minimum absolute atomic E-state index is 0. The maximum absolute atomic E-state index is 10.6. The number of pyridine rings is 2. The standard InChI is InChI=1S/C25H22N2O4.3ClH.Mn/c1-15-12-18(25(29)24(13-15)31-3)20-7-5-9-22(27-20)21-8-4-6-19(26-21)17-14-16(30-2)10-11-23(17)28;;;;/h4-14,28-29H,1-3H3;3*1H;/q;;;;+3/p-3. The van der Waals surface area contributed by atoms with Crippen LogP contribution in [0, 0.1) is 6.92 Å². The first kappa shape index (κ1) is 32.3. The van der Waals surface area contributed by atoms with Crippen molar-refractivity contribution in [2.75, 3.05) is 14.2 Å². The summed E-state index contributed by atoms with van der Waals surface area (Å²) in [4.78, 5) is 9.41. The van der Waals surface area contributed by atoms with E-state index in [0.29, 0.717) is 45.4 Å². The fraction of sp³-hybridized carbons (Fsp3) is 0.120. The number of ether oxygens (including phenoxy) is 2. The van der Waals surface area contributed by atoms with Crippen molar-refractivity contribution >= 4 is 0 Å². The van der Waals surface area contributed by atoms with Crippen LogP contribution < -0.4 is 46.7 Å². The molecule has 4 rings (SSSR count). The smallest absolute Gasteiger partial charge is 1.00 e. The summed E-state index contributed by atoms with van der Waals surface area (Å²) < 4.78 is 10.5. The zero-order chi connectivity index (χ0) is 22.0. The number of aryl methyl sites for hydroxylation is 1. The molecule has 0 spiro atoms. The van der Waals surface area contributed by atoms with Crippen LogP contribution in [0.4, 0.5) is 0 Å². The average molecular weight is 576 g/mol. The van der Waals surface area contributed by atoms with Gasteiger partial charge < -0.3 is 56.9 Å². The van der Waals surface area contributed by atoms with Crippen molar-refractivity contribution in [1.82, 2.24) is 9.97 Å². The molecule has 0 saturated heterocycles. The quantitative estimate of drug-likeness (QED) is 0.238. The number of aromatic hydroxyl groups is 2. The number of benzene rings is 2. The zero-order valence-electron chi connectivity index (χ0n) is 19.0. The summed E-state index contributed by atoms with van der Waals surface area (Å²) in [7, 11) is 3.09. The second-order valence-electron chi connectivity index (χ2n) is 7.06. The van der Waals surface area contributed by atoms with E-state index < -0.39 is 0 Å². The topological polar surface area (TPSA) is 84.7 Å². The Morgan fingerprint density at radius 2 is 1.20 bits per heavy atom. The van der Waals surface area contributed by atoms with Gasteiger partial charge >= 0.3 is 17.1 Å². The van der Waals surface area contributed by atoms with Gasteiger partial charge in [-0.05, 0) is 67.1 Å². The minimum Gasteiger partial charge on any atom is -1.00 e. The molecule has 2 heterocycles. The molecule has 0 saturated carbocycles. The van der Waals surface area contributed by atoms with Crippen LogP contribution in [0.15, 0.2) is 66.7 Å². The first-order valence-corrected chi connectivity index (χ1v) is 9.70. The van der Waals surface area contributed by atoms with Gasteiger partial charge in [0.15, 0.2) is 11.5 Å². The molecule has 0 bridgehead atoms. The van der Waals surface area contributed by atoms with Gasteiger partial charge in [0.2, 0.25) is 0 Å². The van der Waals surface area contributed by atoms with Gasteiger partial charge in [-0.25, -0.2) is 9.97 Å². The Kier molecular flexibility index (Phi) is 13.0.